The first-order chi connectivity index (χ1) is 15.2. The van der Waals surface area contributed by atoms with Crippen LogP contribution in [0.2, 0.25) is 0 Å². The van der Waals surface area contributed by atoms with Crippen molar-refractivity contribution in [1.82, 2.24) is 15.1 Å². The van der Waals surface area contributed by atoms with E-state index in [1.54, 1.807) is 12.1 Å². The molecule has 11 heteroatoms. The summed E-state index contributed by atoms with van der Waals surface area (Å²) in [6, 6.07) is 7.92. The maximum Gasteiger partial charge on any atom is 0.425 e. The van der Waals surface area contributed by atoms with Crippen molar-refractivity contribution < 1.29 is 27.5 Å². The number of aliphatic hydroxyl groups excluding tert-OH is 1. The minimum Gasteiger partial charge on any atom is -0.396 e. The second-order valence-corrected chi connectivity index (χ2v) is 8.65. The standard InChI is InChI=1S/C21H20F4N4O2S/c22-15-3-1-13(2-4-15)17-7-8-28(9-14(17)11-30)19-26-12-29(20(31)27-19)10-16-5-6-18(32-16)21(23,24)25/h1-7,12,14,19,30H,8-11H2,(H,27,31). The van der Waals surface area contributed by atoms with Gasteiger partial charge >= 0.3 is 12.2 Å². The summed E-state index contributed by atoms with van der Waals surface area (Å²) in [6.07, 6.45) is -1.84. The van der Waals surface area contributed by atoms with E-state index in [0.29, 0.717) is 29.3 Å². The van der Waals surface area contributed by atoms with Crippen molar-refractivity contribution in [3.8, 4) is 0 Å². The summed E-state index contributed by atoms with van der Waals surface area (Å²) in [7, 11) is 0. The molecule has 0 spiro atoms. The van der Waals surface area contributed by atoms with Crippen molar-refractivity contribution in [2.75, 3.05) is 19.7 Å². The highest BCUT2D eigenvalue weighted by Gasteiger charge is 2.34. The zero-order valence-corrected chi connectivity index (χ0v) is 17.5. The first kappa shape index (κ1) is 22.4. The number of hydrogen-bond acceptors (Lipinski definition) is 5. The number of thiophene rings is 1. The van der Waals surface area contributed by atoms with E-state index in [4.69, 9.17) is 0 Å². The molecular formula is C21H20F4N4O2S. The third-order valence-corrected chi connectivity index (χ3v) is 6.43. The van der Waals surface area contributed by atoms with Crippen LogP contribution in [0, 0.1) is 11.7 Å². The Balaban J connectivity index is 1.43. The van der Waals surface area contributed by atoms with Gasteiger partial charge in [-0.15, -0.1) is 11.3 Å². The van der Waals surface area contributed by atoms with Gasteiger partial charge in [0.25, 0.3) is 0 Å². The van der Waals surface area contributed by atoms with Gasteiger partial charge in [0.2, 0.25) is 0 Å². The molecule has 32 heavy (non-hydrogen) atoms. The predicted molar refractivity (Wildman–Crippen MR) is 112 cm³/mol. The molecule has 0 saturated carbocycles. The summed E-state index contributed by atoms with van der Waals surface area (Å²) in [5.74, 6) is -0.584. The monoisotopic (exact) mass is 468 g/mol. The maximum atomic E-state index is 13.2. The van der Waals surface area contributed by atoms with Crippen molar-refractivity contribution in [3.63, 3.8) is 0 Å². The van der Waals surface area contributed by atoms with Crippen LogP contribution in [0.4, 0.5) is 22.4 Å². The molecule has 3 heterocycles. The van der Waals surface area contributed by atoms with Crippen LogP contribution in [0.1, 0.15) is 15.3 Å². The van der Waals surface area contributed by atoms with Crippen LogP contribution < -0.4 is 5.32 Å². The fourth-order valence-electron chi connectivity index (χ4n) is 3.70. The molecule has 170 valence electrons. The summed E-state index contributed by atoms with van der Waals surface area (Å²) in [6.45, 7) is 0.722. The number of carbonyl (C=O) groups excluding carboxylic acids is 1. The number of hydrogen-bond donors (Lipinski definition) is 2. The number of amides is 2. The molecule has 2 amide bonds. The van der Waals surface area contributed by atoms with E-state index in [1.807, 2.05) is 11.0 Å². The van der Waals surface area contributed by atoms with Crippen LogP contribution in [-0.4, -0.2) is 53.3 Å². The molecule has 6 nitrogen and oxygen atoms in total. The highest BCUT2D eigenvalue weighted by Crippen LogP contribution is 2.35. The van der Waals surface area contributed by atoms with Gasteiger partial charge < -0.3 is 10.4 Å². The summed E-state index contributed by atoms with van der Waals surface area (Å²) < 4.78 is 51.5. The van der Waals surface area contributed by atoms with Gasteiger partial charge in [0.1, 0.15) is 10.7 Å². The number of aliphatic hydroxyl groups is 1. The topological polar surface area (TPSA) is 68.2 Å². The second kappa shape index (κ2) is 9.00. The van der Waals surface area contributed by atoms with Crippen LogP contribution >= 0.6 is 11.3 Å². The molecule has 4 rings (SSSR count). The second-order valence-electron chi connectivity index (χ2n) is 7.48. The lowest BCUT2D eigenvalue weighted by Gasteiger charge is -2.38. The Morgan fingerprint density at radius 2 is 1.94 bits per heavy atom. The minimum atomic E-state index is -4.41. The van der Waals surface area contributed by atoms with E-state index in [0.717, 1.165) is 17.2 Å². The summed E-state index contributed by atoms with van der Waals surface area (Å²) in [5.41, 5.74) is 1.72. The smallest absolute Gasteiger partial charge is 0.396 e. The number of halogens is 4. The van der Waals surface area contributed by atoms with Gasteiger partial charge in [-0.25, -0.2) is 14.2 Å². The molecule has 0 aliphatic carbocycles. The molecule has 1 aromatic heterocycles. The Labute approximate surface area is 185 Å². The minimum absolute atomic E-state index is 0.0172. The summed E-state index contributed by atoms with van der Waals surface area (Å²) in [4.78, 5) is 19.6. The Kier molecular flexibility index (Phi) is 6.31. The number of benzene rings is 1. The lowest BCUT2D eigenvalue weighted by Crippen LogP contribution is -2.56. The van der Waals surface area contributed by atoms with Gasteiger partial charge in [-0.3, -0.25) is 9.80 Å². The van der Waals surface area contributed by atoms with E-state index >= 15 is 0 Å². The Hall–Kier alpha value is -2.76. The van der Waals surface area contributed by atoms with Gasteiger partial charge in [-0.2, -0.15) is 13.2 Å². The third kappa shape index (κ3) is 4.84. The normalized spacial score (nSPS) is 22.1. The number of alkyl halides is 3. The molecule has 2 atom stereocenters. The molecule has 0 radical (unpaired) electrons. The highest BCUT2D eigenvalue weighted by atomic mass is 32.1. The number of rotatable bonds is 5. The Bertz CT molecular complexity index is 1040. The number of nitrogens with one attached hydrogen (secondary N) is 1. The predicted octanol–water partition coefficient (Wildman–Crippen LogP) is 3.75. The average molecular weight is 468 g/mol. The Morgan fingerprint density at radius 1 is 1.19 bits per heavy atom. The molecule has 2 N–H and O–H groups in total. The van der Waals surface area contributed by atoms with Crippen molar-refractivity contribution in [3.05, 3.63) is 63.6 Å². The quantitative estimate of drug-likeness (QED) is 0.657. The van der Waals surface area contributed by atoms with Crippen LogP contribution in [-0.2, 0) is 12.7 Å². The summed E-state index contributed by atoms with van der Waals surface area (Å²) >= 11 is 0.589. The molecule has 1 aromatic carbocycles. The van der Waals surface area contributed by atoms with Gasteiger partial charge in [-0.05, 0) is 35.4 Å². The number of urea groups is 1. The Morgan fingerprint density at radius 3 is 2.56 bits per heavy atom. The van der Waals surface area contributed by atoms with Crippen LogP contribution in [0.15, 0.2) is 47.5 Å². The number of nitrogens with zero attached hydrogens (tertiary/aromatic N) is 3. The highest BCUT2D eigenvalue weighted by molar-refractivity contribution is 7.12. The number of aliphatic imine (C=N–C) groups is 1. The van der Waals surface area contributed by atoms with E-state index in [2.05, 4.69) is 10.3 Å². The molecule has 0 bridgehead atoms. The molecule has 2 aliphatic heterocycles. The molecular weight excluding hydrogens is 448 g/mol. The lowest BCUT2D eigenvalue weighted by atomic mass is 9.89. The largest absolute Gasteiger partial charge is 0.425 e. The molecule has 2 aromatic rings. The zero-order chi connectivity index (χ0) is 22.9. The lowest BCUT2D eigenvalue weighted by molar-refractivity contribution is -0.134. The van der Waals surface area contributed by atoms with E-state index < -0.39 is 23.4 Å². The average Bonchev–Trinajstić information content (AvgIpc) is 3.25. The molecule has 0 saturated heterocycles. The SMILES string of the molecule is O=C1NC(N2CC=C(c3ccc(F)cc3)C(CO)C2)N=CN1Cc1ccc(C(F)(F)F)s1. The first-order valence-corrected chi connectivity index (χ1v) is 10.6. The first-order valence-electron chi connectivity index (χ1n) is 9.82. The zero-order valence-electron chi connectivity index (χ0n) is 16.7. The van der Waals surface area contributed by atoms with Gasteiger partial charge in [0.05, 0.1) is 19.5 Å². The third-order valence-electron chi connectivity index (χ3n) is 5.31. The molecule has 0 fully saturated rings. The van der Waals surface area contributed by atoms with E-state index in [-0.39, 0.29) is 24.9 Å². The molecule has 2 aliphatic rings. The van der Waals surface area contributed by atoms with Gasteiger partial charge in [-0.1, -0.05) is 18.2 Å². The van der Waals surface area contributed by atoms with E-state index in [9.17, 15) is 27.5 Å². The van der Waals surface area contributed by atoms with Crippen LogP contribution in [0.5, 0.6) is 0 Å². The van der Waals surface area contributed by atoms with Crippen LogP contribution in [0.25, 0.3) is 5.57 Å². The van der Waals surface area contributed by atoms with Gasteiger partial charge in [0, 0.05) is 23.9 Å². The van der Waals surface area contributed by atoms with E-state index in [1.165, 1.54) is 29.4 Å². The fourth-order valence-corrected chi connectivity index (χ4v) is 4.57. The van der Waals surface area contributed by atoms with Crippen molar-refractivity contribution in [1.29, 1.82) is 0 Å². The van der Waals surface area contributed by atoms with Crippen LogP contribution in [0.3, 0.4) is 0 Å². The fraction of sp³-hybridized carbons (Fsp3) is 0.333. The van der Waals surface area contributed by atoms with Crippen molar-refractivity contribution in [2.45, 2.75) is 19.0 Å². The van der Waals surface area contributed by atoms with Crippen molar-refractivity contribution >= 4 is 29.3 Å². The summed E-state index contributed by atoms with van der Waals surface area (Å²) in [5, 5.41) is 12.6. The maximum absolute atomic E-state index is 13.2. The molecule has 2 unspecified atom stereocenters. The van der Waals surface area contributed by atoms with Gasteiger partial charge in [0.15, 0.2) is 6.29 Å². The number of carbonyl (C=O) groups is 1. The van der Waals surface area contributed by atoms with Crippen molar-refractivity contribution in [2.24, 2.45) is 10.9 Å².